The van der Waals surface area contributed by atoms with Crippen LogP contribution in [0.1, 0.15) is 17.5 Å². The number of nitrogens with one attached hydrogen (secondary N) is 2. The lowest BCUT2D eigenvalue weighted by atomic mass is 10.1. The lowest BCUT2D eigenvalue weighted by Gasteiger charge is -2.11. The second kappa shape index (κ2) is 7.88. The summed E-state index contributed by atoms with van der Waals surface area (Å²) in [5, 5.41) is 6.58. The normalized spacial score (nSPS) is 10.3. The number of halogens is 1. The standard InChI is InChI=1S/C18H21ClN2O2/c1-12-4-6-16(13(2)10-12)20-9-8-18(22)21-14-5-7-17(23-3)15(19)11-14/h4-7,10-11,20H,8-9H2,1-3H3,(H,21,22). The van der Waals surface area contributed by atoms with Gasteiger partial charge in [0.15, 0.2) is 0 Å². The number of aryl methyl sites for hydroxylation is 2. The van der Waals surface area contributed by atoms with Gasteiger partial charge in [0.25, 0.3) is 0 Å². The van der Waals surface area contributed by atoms with Crippen molar-refractivity contribution in [3.8, 4) is 5.75 Å². The molecule has 0 aromatic heterocycles. The van der Waals surface area contributed by atoms with Gasteiger partial charge < -0.3 is 15.4 Å². The highest BCUT2D eigenvalue weighted by Gasteiger charge is 2.06. The van der Waals surface area contributed by atoms with Gasteiger partial charge in [-0.2, -0.15) is 0 Å². The summed E-state index contributed by atoms with van der Waals surface area (Å²) in [6, 6.07) is 11.4. The van der Waals surface area contributed by atoms with Crippen molar-refractivity contribution in [2.75, 3.05) is 24.3 Å². The summed E-state index contributed by atoms with van der Waals surface area (Å²) in [5.41, 5.74) is 4.11. The minimum absolute atomic E-state index is 0.0662. The van der Waals surface area contributed by atoms with Crippen LogP contribution in [-0.4, -0.2) is 19.6 Å². The minimum Gasteiger partial charge on any atom is -0.495 e. The molecule has 2 rings (SSSR count). The third-order valence-corrected chi connectivity index (χ3v) is 3.78. The Labute approximate surface area is 141 Å². The quantitative estimate of drug-likeness (QED) is 0.824. The molecule has 2 N–H and O–H groups in total. The highest BCUT2D eigenvalue weighted by Crippen LogP contribution is 2.27. The molecule has 0 aliphatic heterocycles. The zero-order valence-electron chi connectivity index (χ0n) is 13.6. The van der Waals surface area contributed by atoms with Crippen molar-refractivity contribution in [1.82, 2.24) is 0 Å². The smallest absolute Gasteiger partial charge is 0.226 e. The maximum atomic E-state index is 12.0. The number of rotatable bonds is 6. The predicted octanol–water partition coefficient (Wildman–Crippen LogP) is 4.41. The number of hydrogen-bond donors (Lipinski definition) is 2. The van der Waals surface area contributed by atoms with E-state index in [-0.39, 0.29) is 5.91 Å². The summed E-state index contributed by atoms with van der Waals surface area (Å²) in [5.74, 6) is 0.518. The fraction of sp³-hybridized carbons (Fsp3) is 0.278. The molecular weight excluding hydrogens is 312 g/mol. The maximum absolute atomic E-state index is 12.0. The minimum atomic E-state index is -0.0662. The highest BCUT2D eigenvalue weighted by molar-refractivity contribution is 6.32. The van der Waals surface area contributed by atoms with Crippen LogP contribution in [0.4, 0.5) is 11.4 Å². The van der Waals surface area contributed by atoms with E-state index >= 15 is 0 Å². The van der Waals surface area contributed by atoms with Crippen molar-refractivity contribution in [3.63, 3.8) is 0 Å². The van der Waals surface area contributed by atoms with Crippen LogP contribution in [-0.2, 0) is 4.79 Å². The first-order valence-electron chi connectivity index (χ1n) is 7.44. The zero-order chi connectivity index (χ0) is 16.8. The van der Waals surface area contributed by atoms with Gasteiger partial charge in [0.1, 0.15) is 5.75 Å². The second-order valence-electron chi connectivity index (χ2n) is 5.39. The molecule has 0 radical (unpaired) electrons. The van der Waals surface area contributed by atoms with E-state index in [9.17, 15) is 4.79 Å². The SMILES string of the molecule is COc1ccc(NC(=O)CCNc2ccc(C)cc2C)cc1Cl. The number of methoxy groups -OCH3 is 1. The largest absolute Gasteiger partial charge is 0.495 e. The van der Waals surface area contributed by atoms with Gasteiger partial charge >= 0.3 is 0 Å². The fourth-order valence-electron chi connectivity index (χ4n) is 2.29. The molecule has 0 aliphatic rings. The summed E-state index contributed by atoms with van der Waals surface area (Å²) >= 11 is 6.04. The molecule has 0 atom stereocenters. The molecule has 122 valence electrons. The van der Waals surface area contributed by atoms with Crippen molar-refractivity contribution >= 4 is 28.9 Å². The Morgan fingerprint density at radius 2 is 1.96 bits per heavy atom. The van der Waals surface area contributed by atoms with E-state index in [1.807, 2.05) is 6.07 Å². The number of benzene rings is 2. The molecule has 0 saturated heterocycles. The molecule has 0 saturated carbocycles. The number of carbonyl (C=O) groups is 1. The average molecular weight is 333 g/mol. The summed E-state index contributed by atoms with van der Waals surface area (Å²) in [7, 11) is 1.55. The molecule has 23 heavy (non-hydrogen) atoms. The van der Waals surface area contributed by atoms with Crippen molar-refractivity contribution in [2.24, 2.45) is 0 Å². The van der Waals surface area contributed by atoms with E-state index in [1.165, 1.54) is 11.1 Å². The Kier molecular flexibility index (Phi) is 5.88. The third kappa shape index (κ3) is 4.89. The van der Waals surface area contributed by atoms with Gasteiger partial charge in [-0.25, -0.2) is 0 Å². The summed E-state index contributed by atoms with van der Waals surface area (Å²) in [4.78, 5) is 12.0. The summed E-state index contributed by atoms with van der Waals surface area (Å²) in [6.45, 7) is 4.68. The average Bonchev–Trinajstić information content (AvgIpc) is 2.49. The van der Waals surface area contributed by atoms with Crippen molar-refractivity contribution in [2.45, 2.75) is 20.3 Å². The van der Waals surface area contributed by atoms with Crippen LogP contribution < -0.4 is 15.4 Å². The summed E-state index contributed by atoms with van der Waals surface area (Å²) in [6.07, 6.45) is 0.372. The van der Waals surface area contributed by atoms with Gasteiger partial charge in [0.2, 0.25) is 5.91 Å². The molecule has 5 heteroatoms. The van der Waals surface area contributed by atoms with Gasteiger partial charge in [0.05, 0.1) is 12.1 Å². The number of ether oxygens (including phenoxy) is 1. The van der Waals surface area contributed by atoms with Crippen molar-refractivity contribution < 1.29 is 9.53 Å². The van der Waals surface area contributed by atoms with Crippen LogP contribution in [0.15, 0.2) is 36.4 Å². The molecule has 0 spiro atoms. The van der Waals surface area contributed by atoms with Crippen LogP contribution in [0.2, 0.25) is 5.02 Å². The molecule has 0 bridgehead atoms. The van der Waals surface area contributed by atoms with Gasteiger partial charge in [-0.1, -0.05) is 29.3 Å². The zero-order valence-corrected chi connectivity index (χ0v) is 14.3. The monoisotopic (exact) mass is 332 g/mol. The molecule has 2 aromatic carbocycles. The van der Waals surface area contributed by atoms with Gasteiger partial charge in [0, 0.05) is 24.3 Å². The molecule has 2 aromatic rings. The Bertz CT molecular complexity index is 701. The molecule has 0 aliphatic carbocycles. The van der Waals surface area contributed by atoms with Crippen LogP contribution >= 0.6 is 11.6 Å². The van der Waals surface area contributed by atoms with E-state index in [1.54, 1.807) is 25.3 Å². The number of anilines is 2. The Hall–Kier alpha value is -2.20. The fourth-order valence-corrected chi connectivity index (χ4v) is 2.55. The first-order chi connectivity index (χ1) is 11.0. The van der Waals surface area contributed by atoms with E-state index in [0.29, 0.717) is 29.4 Å². The van der Waals surface area contributed by atoms with Crippen LogP contribution in [0.5, 0.6) is 5.75 Å². The molecule has 1 amide bonds. The third-order valence-electron chi connectivity index (χ3n) is 3.48. The molecule has 0 heterocycles. The summed E-state index contributed by atoms with van der Waals surface area (Å²) < 4.78 is 5.08. The predicted molar refractivity (Wildman–Crippen MR) is 95.7 cm³/mol. The van der Waals surface area contributed by atoms with E-state index < -0.39 is 0 Å². The number of hydrogen-bond acceptors (Lipinski definition) is 3. The lowest BCUT2D eigenvalue weighted by molar-refractivity contribution is -0.115. The van der Waals surface area contributed by atoms with Gasteiger partial charge in [-0.3, -0.25) is 4.79 Å². The van der Waals surface area contributed by atoms with Crippen LogP contribution in [0.25, 0.3) is 0 Å². The Balaban J connectivity index is 1.84. The first-order valence-corrected chi connectivity index (χ1v) is 7.82. The number of amides is 1. The highest BCUT2D eigenvalue weighted by atomic mass is 35.5. The molecule has 4 nitrogen and oxygen atoms in total. The van der Waals surface area contributed by atoms with Gasteiger partial charge in [-0.15, -0.1) is 0 Å². The van der Waals surface area contributed by atoms with E-state index in [4.69, 9.17) is 16.3 Å². The van der Waals surface area contributed by atoms with Crippen LogP contribution in [0.3, 0.4) is 0 Å². The Morgan fingerprint density at radius 3 is 2.61 bits per heavy atom. The second-order valence-corrected chi connectivity index (χ2v) is 5.80. The first kappa shape index (κ1) is 17.2. The topological polar surface area (TPSA) is 50.4 Å². The molecular formula is C18H21ClN2O2. The van der Waals surface area contributed by atoms with E-state index in [0.717, 1.165) is 5.69 Å². The van der Waals surface area contributed by atoms with Crippen molar-refractivity contribution in [3.05, 3.63) is 52.5 Å². The number of carbonyl (C=O) groups excluding carboxylic acids is 1. The molecule has 0 fully saturated rings. The molecule has 0 unspecified atom stereocenters. The van der Waals surface area contributed by atoms with Gasteiger partial charge in [-0.05, 0) is 43.7 Å². The maximum Gasteiger partial charge on any atom is 0.226 e. The van der Waals surface area contributed by atoms with Crippen LogP contribution in [0, 0.1) is 13.8 Å². The Morgan fingerprint density at radius 1 is 1.17 bits per heavy atom. The van der Waals surface area contributed by atoms with Crippen molar-refractivity contribution in [1.29, 1.82) is 0 Å². The van der Waals surface area contributed by atoms with E-state index in [2.05, 4.69) is 36.6 Å². The lowest BCUT2D eigenvalue weighted by Crippen LogP contribution is -2.16.